The molecule has 0 radical (unpaired) electrons. The first-order valence-electron chi connectivity index (χ1n) is 4.12. The summed E-state index contributed by atoms with van der Waals surface area (Å²) in [5.41, 5.74) is 0.930. The molecule has 2 heteroatoms. The van der Waals surface area contributed by atoms with E-state index in [-0.39, 0.29) is 0 Å². The maximum Gasteiger partial charge on any atom is 0.154 e. The highest BCUT2D eigenvalue weighted by atomic mass is 16.3. The van der Waals surface area contributed by atoms with Crippen LogP contribution in [-0.4, -0.2) is 4.98 Å². The van der Waals surface area contributed by atoms with Crippen LogP contribution in [0.1, 0.15) is 25.5 Å². The van der Waals surface area contributed by atoms with E-state index >= 15 is 0 Å². The fourth-order valence-corrected chi connectivity index (χ4v) is 1.18. The van der Waals surface area contributed by atoms with E-state index in [9.17, 15) is 0 Å². The lowest BCUT2D eigenvalue weighted by molar-refractivity contribution is 0.482. The quantitative estimate of drug-likeness (QED) is 0.642. The summed E-state index contributed by atoms with van der Waals surface area (Å²) in [6, 6.07) is 5.87. The van der Waals surface area contributed by atoms with Crippen molar-refractivity contribution in [1.82, 2.24) is 4.98 Å². The van der Waals surface area contributed by atoms with Crippen molar-refractivity contribution in [2.24, 2.45) is 0 Å². The molecule has 2 aliphatic rings. The van der Waals surface area contributed by atoms with Crippen LogP contribution in [0, 0.1) is 0 Å². The first-order valence-corrected chi connectivity index (χ1v) is 4.12. The second-order valence-electron chi connectivity index (χ2n) is 3.19. The van der Waals surface area contributed by atoms with Gasteiger partial charge in [-0.2, -0.15) is 0 Å². The van der Waals surface area contributed by atoms with Gasteiger partial charge in [-0.05, 0) is 12.1 Å². The van der Waals surface area contributed by atoms with Gasteiger partial charge in [-0.15, -0.1) is 0 Å². The van der Waals surface area contributed by atoms with Gasteiger partial charge in [0.05, 0.1) is 0 Å². The minimum atomic E-state index is 0.435. The Morgan fingerprint density at radius 1 is 1.25 bits per heavy atom. The first-order chi connectivity index (χ1) is 5.77. The molecule has 0 aromatic heterocycles. The van der Waals surface area contributed by atoms with Gasteiger partial charge in [0.15, 0.2) is 5.76 Å². The largest absolute Gasteiger partial charge is 0.459 e. The Morgan fingerprint density at radius 3 is 2.83 bits per heavy atom. The molecule has 0 fully saturated rings. The zero-order chi connectivity index (χ0) is 8.55. The Hall–Kier alpha value is -1.31. The highest BCUT2D eigenvalue weighted by molar-refractivity contribution is 5.53. The highest BCUT2D eigenvalue weighted by Gasteiger charge is 2.08. The third kappa shape index (κ3) is 1.09. The summed E-state index contributed by atoms with van der Waals surface area (Å²) < 4.78 is 5.60. The summed E-state index contributed by atoms with van der Waals surface area (Å²) in [6.07, 6.45) is 1.76. The van der Waals surface area contributed by atoms with E-state index in [4.69, 9.17) is 4.42 Å². The molecule has 2 nitrogen and oxygen atoms in total. The molecule has 0 unspecified atom stereocenters. The third-order valence-corrected chi connectivity index (χ3v) is 1.89. The molecule has 0 bridgehead atoms. The SMILES string of the molecule is CC(C)c1ccc2nccc-2o1. The molecule has 0 aliphatic carbocycles. The Bertz CT molecular complexity index is 351. The fraction of sp³-hybridized carbons (Fsp3) is 0.300. The van der Waals surface area contributed by atoms with E-state index in [2.05, 4.69) is 18.8 Å². The summed E-state index contributed by atoms with van der Waals surface area (Å²) in [6.45, 7) is 4.22. The van der Waals surface area contributed by atoms with Gasteiger partial charge in [0, 0.05) is 18.2 Å². The maximum atomic E-state index is 5.60. The van der Waals surface area contributed by atoms with E-state index in [0.29, 0.717) is 5.92 Å². The van der Waals surface area contributed by atoms with Crippen molar-refractivity contribution < 1.29 is 4.42 Å². The van der Waals surface area contributed by atoms with Crippen molar-refractivity contribution in [2.45, 2.75) is 19.8 Å². The van der Waals surface area contributed by atoms with Crippen LogP contribution in [0.15, 0.2) is 28.8 Å². The number of aromatic nitrogens is 1. The summed E-state index contributed by atoms with van der Waals surface area (Å²) in [5.74, 6) is 2.32. The Labute approximate surface area is 71.6 Å². The summed E-state index contributed by atoms with van der Waals surface area (Å²) in [5, 5.41) is 0. The van der Waals surface area contributed by atoms with Crippen molar-refractivity contribution in [3.8, 4) is 11.5 Å². The Morgan fingerprint density at radius 2 is 2.08 bits per heavy atom. The van der Waals surface area contributed by atoms with E-state index < -0.39 is 0 Å². The van der Waals surface area contributed by atoms with Crippen LogP contribution in [0.3, 0.4) is 0 Å². The molecule has 0 saturated carbocycles. The highest BCUT2D eigenvalue weighted by Crippen LogP contribution is 2.24. The zero-order valence-corrected chi connectivity index (χ0v) is 7.24. The minimum absolute atomic E-state index is 0.435. The average Bonchev–Trinajstić information content (AvgIpc) is 2.49. The number of nitrogens with zero attached hydrogens (tertiary/aromatic N) is 1. The molecule has 0 aromatic rings. The lowest BCUT2D eigenvalue weighted by atomic mass is 10.1. The molecule has 0 saturated heterocycles. The Balaban J connectivity index is 2.54. The molecule has 0 atom stereocenters. The van der Waals surface area contributed by atoms with Gasteiger partial charge in [-0.1, -0.05) is 13.8 Å². The van der Waals surface area contributed by atoms with Gasteiger partial charge in [-0.3, -0.25) is 4.98 Å². The van der Waals surface area contributed by atoms with Crippen LogP contribution in [-0.2, 0) is 0 Å². The molecular formula is C10H11NO. The number of fused-ring (bicyclic) bond motifs is 1. The molecule has 2 rings (SSSR count). The second kappa shape index (κ2) is 2.63. The normalized spacial score (nSPS) is 11.2. The smallest absolute Gasteiger partial charge is 0.154 e. The summed E-state index contributed by atoms with van der Waals surface area (Å²) >= 11 is 0. The number of hydrogen-bond donors (Lipinski definition) is 0. The lowest BCUT2D eigenvalue weighted by Crippen LogP contribution is -1.87. The van der Waals surface area contributed by atoms with E-state index in [1.807, 2.05) is 18.2 Å². The molecule has 12 heavy (non-hydrogen) atoms. The molecule has 0 spiro atoms. The number of hydrogen-bond acceptors (Lipinski definition) is 2. The first kappa shape index (κ1) is 7.35. The number of rotatable bonds is 1. The van der Waals surface area contributed by atoms with Gasteiger partial charge >= 0.3 is 0 Å². The maximum absolute atomic E-state index is 5.60. The Kier molecular flexibility index (Phi) is 1.61. The van der Waals surface area contributed by atoms with Gasteiger partial charge in [0.2, 0.25) is 0 Å². The minimum Gasteiger partial charge on any atom is -0.459 e. The molecule has 2 aliphatic heterocycles. The van der Waals surface area contributed by atoms with Crippen LogP contribution >= 0.6 is 0 Å². The third-order valence-electron chi connectivity index (χ3n) is 1.89. The van der Waals surface area contributed by atoms with Crippen molar-refractivity contribution in [2.75, 3.05) is 0 Å². The van der Waals surface area contributed by atoms with Crippen LogP contribution in [0.5, 0.6) is 0 Å². The average molecular weight is 161 g/mol. The predicted molar refractivity (Wildman–Crippen MR) is 47.2 cm³/mol. The van der Waals surface area contributed by atoms with Crippen molar-refractivity contribution >= 4 is 0 Å². The molecular weight excluding hydrogens is 150 g/mol. The van der Waals surface area contributed by atoms with E-state index in [1.165, 1.54) is 0 Å². The monoisotopic (exact) mass is 161 g/mol. The molecule has 0 amide bonds. The molecule has 62 valence electrons. The van der Waals surface area contributed by atoms with Crippen molar-refractivity contribution in [3.05, 3.63) is 30.2 Å². The van der Waals surface area contributed by atoms with Crippen molar-refractivity contribution in [3.63, 3.8) is 0 Å². The molecule has 0 N–H and O–H groups in total. The second-order valence-corrected chi connectivity index (χ2v) is 3.19. The molecule has 2 heterocycles. The van der Waals surface area contributed by atoms with Gasteiger partial charge < -0.3 is 4.42 Å². The molecule has 0 aromatic carbocycles. The van der Waals surface area contributed by atoms with Crippen LogP contribution in [0.25, 0.3) is 11.5 Å². The predicted octanol–water partition coefficient (Wildman–Crippen LogP) is 2.90. The lowest BCUT2D eigenvalue weighted by Gasteiger charge is -2.05. The summed E-state index contributed by atoms with van der Waals surface area (Å²) in [7, 11) is 0. The van der Waals surface area contributed by atoms with Crippen LogP contribution in [0.2, 0.25) is 0 Å². The topological polar surface area (TPSA) is 26.0 Å². The van der Waals surface area contributed by atoms with Crippen LogP contribution < -0.4 is 0 Å². The standard InChI is InChI=1S/C10H11NO/c1-7(2)9-4-3-8-10(12-9)5-6-11-8/h3-7H,1-2H3. The zero-order valence-electron chi connectivity index (χ0n) is 7.24. The van der Waals surface area contributed by atoms with Crippen LogP contribution in [0.4, 0.5) is 0 Å². The van der Waals surface area contributed by atoms with Gasteiger partial charge in [0.1, 0.15) is 11.5 Å². The van der Waals surface area contributed by atoms with Gasteiger partial charge in [0.25, 0.3) is 0 Å². The fourth-order valence-electron chi connectivity index (χ4n) is 1.18. The van der Waals surface area contributed by atoms with Gasteiger partial charge in [-0.25, -0.2) is 0 Å². The van der Waals surface area contributed by atoms with E-state index in [0.717, 1.165) is 17.2 Å². The van der Waals surface area contributed by atoms with E-state index in [1.54, 1.807) is 6.20 Å². The summed E-state index contributed by atoms with van der Waals surface area (Å²) in [4.78, 5) is 4.13. The van der Waals surface area contributed by atoms with Crippen molar-refractivity contribution in [1.29, 1.82) is 0 Å².